The van der Waals surface area contributed by atoms with Gasteiger partial charge in [-0.25, -0.2) is 9.97 Å². The topological polar surface area (TPSA) is 83.6 Å². The van der Waals surface area contributed by atoms with E-state index in [4.69, 9.17) is 0 Å². The third-order valence-electron chi connectivity index (χ3n) is 5.47. The molecule has 4 heterocycles. The van der Waals surface area contributed by atoms with E-state index in [1.165, 1.54) is 0 Å². The second-order valence-electron chi connectivity index (χ2n) is 7.49. The van der Waals surface area contributed by atoms with Gasteiger partial charge in [-0.15, -0.1) is 10.2 Å². The molecule has 28 heavy (non-hydrogen) atoms. The number of anilines is 1. The smallest absolute Gasteiger partial charge is 0.223 e. The van der Waals surface area contributed by atoms with Gasteiger partial charge in [-0.05, 0) is 31.0 Å². The number of hydrazone groups is 1. The van der Waals surface area contributed by atoms with Crippen LogP contribution >= 0.6 is 0 Å². The second kappa shape index (κ2) is 7.53. The molecule has 4 rings (SSSR count). The molecule has 1 aliphatic rings. The summed E-state index contributed by atoms with van der Waals surface area (Å²) in [6.07, 6.45) is 7.74. The lowest BCUT2D eigenvalue weighted by Crippen LogP contribution is -2.36. The lowest BCUT2D eigenvalue weighted by atomic mass is 10.1. The van der Waals surface area contributed by atoms with E-state index in [-0.39, 0.29) is 12.1 Å². The molecule has 0 bridgehead atoms. The molecular formula is C20H26N8. The molecule has 0 saturated carbocycles. The molecular weight excluding hydrogens is 352 g/mol. The standard InChI is InChI=1S/C20H26N8/c1-5-13(2)10-18-25-26-19-11-15(7-9-28(18)19)16-6-8-21-20(23-16)24-17-12-22-27(4)14(17)3/h6-9,11-14,17H,5,10H2,1-4H3,(H,21,23,24). The Kier molecular flexibility index (Phi) is 4.93. The maximum absolute atomic E-state index is 4.68. The Bertz CT molecular complexity index is 995. The Labute approximate surface area is 164 Å². The minimum Gasteiger partial charge on any atom is -0.344 e. The summed E-state index contributed by atoms with van der Waals surface area (Å²) in [5, 5.41) is 18.3. The second-order valence-corrected chi connectivity index (χ2v) is 7.49. The molecule has 8 nitrogen and oxygen atoms in total. The van der Waals surface area contributed by atoms with Gasteiger partial charge in [0.2, 0.25) is 5.95 Å². The van der Waals surface area contributed by atoms with Gasteiger partial charge in [0.25, 0.3) is 0 Å². The summed E-state index contributed by atoms with van der Waals surface area (Å²) < 4.78 is 2.06. The number of pyridine rings is 1. The summed E-state index contributed by atoms with van der Waals surface area (Å²) in [7, 11) is 1.96. The van der Waals surface area contributed by atoms with Crippen LogP contribution in [0.5, 0.6) is 0 Å². The largest absolute Gasteiger partial charge is 0.344 e. The average Bonchev–Trinajstić information content (AvgIpc) is 3.25. The molecule has 3 unspecified atom stereocenters. The zero-order valence-electron chi connectivity index (χ0n) is 16.7. The predicted molar refractivity (Wildman–Crippen MR) is 110 cm³/mol. The van der Waals surface area contributed by atoms with Gasteiger partial charge in [-0.2, -0.15) is 5.10 Å². The van der Waals surface area contributed by atoms with Gasteiger partial charge in [0.05, 0.1) is 17.8 Å². The highest BCUT2D eigenvalue weighted by molar-refractivity contribution is 5.71. The highest BCUT2D eigenvalue weighted by Crippen LogP contribution is 2.21. The van der Waals surface area contributed by atoms with Crippen LogP contribution in [0.15, 0.2) is 35.7 Å². The van der Waals surface area contributed by atoms with Crippen molar-refractivity contribution in [1.82, 2.24) is 29.6 Å². The van der Waals surface area contributed by atoms with E-state index in [1.807, 2.05) is 36.6 Å². The molecule has 0 amide bonds. The molecule has 3 aromatic rings. The van der Waals surface area contributed by atoms with E-state index in [1.54, 1.807) is 6.20 Å². The summed E-state index contributed by atoms with van der Waals surface area (Å²) in [6, 6.07) is 6.32. The van der Waals surface area contributed by atoms with E-state index in [0.717, 1.165) is 35.6 Å². The van der Waals surface area contributed by atoms with Crippen molar-refractivity contribution in [1.29, 1.82) is 0 Å². The third kappa shape index (κ3) is 3.54. The first kappa shape index (κ1) is 18.3. The summed E-state index contributed by atoms with van der Waals surface area (Å²) in [4.78, 5) is 9.04. The van der Waals surface area contributed by atoms with Crippen LogP contribution in [0.4, 0.5) is 5.95 Å². The number of rotatable bonds is 6. The monoisotopic (exact) mass is 378 g/mol. The molecule has 3 aromatic heterocycles. The maximum atomic E-state index is 4.68. The number of aromatic nitrogens is 5. The van der Waals surface area contributed by atoms with Gasteiger partial charge >= 0.3 is 0 Å². The van der Waals surface area contributed by atoms with E-state index in [9.17, 15) is 0 Å². The van der Waals surface area contributed by atoms with Gasteiger partial charge < -0.3 is 5.32 Å². The number of hydrogen-bond acceptors (Lipinski definition) is 7. The van der Waals surface area contributed by atoms with Gasteiger partial charge in [0.1, 0.15) is 5.82 Å². The van der Waals surface area contributed by atoms with Crippen molar-refractivity contribution in [3.63, 3.8) is 0 Å². The molecule has 0 fully saturated rings. The molecule has 0 spiro atoms. The Morgan fingerprint density at radius 2 is 2.11 bits per heavy atom. The highest BCUT2D eigenvalue weighted by atomic mass is 15.5. The fraction of sp³-hybridized carbons (Fsp3) is 0.450. The van der Waals surface area contributed by atoms with Crippen molar-refractivity contribution < 1.29 is 0 Å². The molecule has 1 N–H and O–H groups in total. The first-order valence-corrected chi connectivity index (χ1v) is 9.75. The van der Waals surface area contributed by atoms with Crippen LogP contribution in [0.2, 0.25) is 0 Å². The Morgan fingerprint density at radius 3 is 2.86 bits per heavy atom. The van der Waals surface area contributed by atoms with Crippen molar-refractivity contribution in [2.75, 3.05) is 12.4 Å². The summed E-state index contributed by atoms with van der Waals surface area (Å²) in [5.74, 6) is 2.18. The van der Waals surface area contributed by atoms with Crippen LogP contribution in [0, 0.1) is 5.92 Å². The molecule has 0 radical (unpaired) electrons. The SMILES string of the molecule is CCC(C)Cc1nnc2cc(-c3ccnc(NC4C=NN(C)C4C)n3)ccn12. The minimum atomic E-state index is 0.0855. The van der Waals surface area contributed by atoms with Crippen molar-refractivity contribution in [3.05, 3.63) is 36.4 Å². The lowest BCUT2D eigenvalue weighted by Gasteiger charge is -2.20. The van der Waals surface area contributed by atoms with Crippen LogP contribution < -0.4 is 5.32 Å². The highest BCUT2D eigenvalue weighted by Gasteiger charge is 2.24. The summed E-state index contributed by atoms with van der Waals surface area (Å²) in [6.45, 7) is 6.55. The van der Waals surface area contributed by atoms with E-state index in [0.29, 0.717) is 11.9 Å². The van der Waals surface area contributed by atoms with Crippen LogP contribution in [-0.2, 0) is 6.42 Å². The Hall–Kier alpha value is -3.03. The van der Waals surface area contributed by atoms with Gasteiger partial charge in [0.15, 0.2) is 5.65 Å². The fourth-order valence-electron chi connectivity index (χ4n) is 3.23. The van der Waals surface area contributed by atoms with Crippen LogP contribution in [-0.4, -0.2) is 54.9 Å². The summed E-state index contributed by atoms with van der Waals surface area (Å²) in [5.41, 5.74) is 2.68. The molecule has 1 aliphatic heterocycles. The number of nitrogens with zero attached hydrogens (tertiary/aromatic N) is 7. The summed E-state index contributed by atoms with van der Waals surface area (Å²) >= 11 is 0. The fourth-order valence-corrected chi connectivity index (χ4v) is 3.23. The van der Waals surface area contributed by atoms with Gasteiger partial charge in [-0.1, -0.05) is 20.3 Å². The Morgan fingerprint density at radius 1 is 1.25 bits per heavy atom. The van der Waals surface area contributed by atoms with Gasteiger partial charge in [-0.3, -0.25) is 9.41 Å². The molecule has 0 saturated heterocycles. The van der Waals surface area contributed by atoms with E-state index in [2.05, 4.69) is 61.8 Å². The van der Waals surface area contributed by atoms with Crippen LogP contribution in [0.3, 0.4) is 0 Å². The first-order valence-electron chi connectivity index (χ1n) is 9.75. The van der Waals surface area contributed by atoms with Gasteiger partial charge in [0, 0.05) is 37.6 Å². The van der Waals surface area contributed by atoms with Crippen LogP contribution in [0.1, 0.15) is 33.0 Å². The van der Waals surface area contributed by atoms with Crippen molar-refractivity contribution in [2.24, 2.45) is 11.0 Å². The van der Waals surface area contributed by atoms with Crippen molar-refractivity contribution in [3.8, 4) is 11.3 Å². The van der Waals surface area contributed by atoms with Crippen molar-refractivity contribution >= 4 is 17.8 Å². The number of likely N-dealkylation sites (N-methyl/N-ethyl adjacent to an activating group) is 1. The quantitative estimate of drug-likeness (QED) is 0.710. The number of fused-ring (bicyclic) bond motifs is 1. The predicted octanol–water partition coefficient (Wildman–Crippen LogP) is 2.88. The van der Waals surface area contributed by atoms with E-state index >= 15 is 0 Å². The molecule has 146 valence electrons. The zero-order chi connectivity index (χ0) is 19.7. The minimum absolute atomic E-state index is 0.0855. The van der Waals surface area contributed by atoms with Crippen LogP contribution in [0.25, 0.3) is 16.9 Å². The molecule has 8 heteroatoms. The van der Waals surface area contributed by atoms with Crippen molar-refractivity contribution in [2.45, 2.75) is 45.7 Å². The molecule has 0 aliphatic carbocycles. The number of nitrogens with one attached hydrogen (secondary N) is 1. The lowest BCUT2D eigenvalue weighted by molar-refractivity contribution is 0.294. The molecule has 3 atom stereocenters. The Balaban J connectivity index is 1.57. The first-order chi connectivity index (χ1) is 13.5. The maximum Gasteiger partial charge on any atom is 0.223 e. The normalized spacial score (nSPS) is 20.1. The average molecular weight is 378 g/mol. The van der Waals surface area contributed by atoms with E-state index < -0.39 is 0 Å². The zero-order valence-corrected chi connectivity index (χ0v) is 16.7. The number of hydrogen-bond donors (Lipinski definition) is 1. The third-order valence-corrected chi connectivity index (χ3v) is 5.47. The molecule has 0 aromatic carbocycles.